The number of nitrogens with two attached hydrogens (primary N) is 1. The van der Waals surface area contributed by atoms with E-state index in [4.69, 9.17) is 5.73 Å². The summed E-state index contributed by atoms with van der Waals surface area (Å²) in [6.45, 7) is 0.756. The van der Waals surface area contributed by atoms with Crippen LogP contribution >= 0.6 is 0 Å². The number of hydrogen-bond acceptors (Lipinski definition) is 4. The number of nitrogens with zero attached hydrogens (tertiary/aromatic N) is 1. The zero-order valence-electron chi connectivity index (χ0n) is 11.7. The number of methoxy groups -OCH3 is 1. The maximum atomic E-state index is 10.9. The van der Waals surface area contributed by atoms with E-state index in [1.807, 2.05) is 6.20 Å². The van der Waals surface area contributed by atoms with E-state index in [2.05, 4.69) is 21.9 Å². The molecule has 0 spiro atoms. The first-order valence-electron chi connectivity index (χ1n) is 6.97. The third-order valence-corrected chi connectivity index (χ3v) is 3.10. The third-order valence-electron chi connectivity index (χ3n) is 3.10. The summed E-state index contributed by atoms with van der Waals surface area (Å²) in [5.74, 6) is -0.136. The Bertz CT molecular complexity index is 363. The van der Waals surface area contributed by atoms with Gasteiger partial charge in [-0.15, -0.1) is 0 Å². The van der Waals surface area contributed by atoms with Gasteiger partial charge in [0.25, 0.3) is 0 Å². The third kappa shape index (κ3) is 6.91. The molecule has 0 aromatic carbocycles. The average molecular weight is 264 g/mol. The van der Waals surface area contributed by atoms with Crippen LogP contribution in [-0.2, 0) is 22.4 Å². The van der Waals surface area contributed by atoms with Crippen LogP contribution in [0, 0.1) is 0 Å². The van der Waals surface area contributed by atoms with Crippen LogP contribution in [0.4, 0.5) is 0 Å². The Balaban J connectivity index is 2.22. The van der Waals surface area contributed by atoms with Crippen LogP contribution in [0.5, 0.6) is 0 Å². The summed E-state index contributed by atoms with van der Waals surface area (Å²) in [6, 6.07) is 4.22. The Morgan fingerprint density at radius 3 is 2.63 bits per heavy atom. The molecule has 1 rings (SSSR count). The van der Waals surface area contributed by atoms with Crippen LogP contribution in [0.2, 0.25) is 0 Å². The summed E-state index contributed by atoms with van der Waals surface area (Å²) in [5, 5.41) is 0. The summed E-state index contributed by atoms with van der Waals surface area (Å²) in [5.41, 5.74) is 7.83. The lowest BCUT2D eigenvalue weighted by Gasteiger charge is -2.03. The lowest BCUT2D eigenvalue weighted by Crippen LogP contribution is -2.01. The number of unbranched alkanes of at least 4 members (excludes halogenated alkanes) is 2. The topological polar surface area (TPSA) is 65.2 Å². The predicted molar refractivity (Wildman–Crippen MR) is 75.8 cm³/mol. The van der Waals surface area contributed by atoms with E-state index < -0.39 is 0 Å². The van der Waals surface area contributed by atoms with Crippen molar-refractivity contribution >= 4 is 5.97 Å². The minimum atomic E-state index is -0.136. The number of carbonyl (C=O) groups is 1. The van der Waals surface area contributed by atoms with Crippen molar-refractivity contribution in [3.63, 3.8) is 0 Å². The second-order valence-corrected chi connectivity index (χ2v) is 4.69. The summed E-state index contributed by atoms with van der Waals surface area (Å²) >= 11 is 0. The first kappa shape index (κ1) is 15.6. The lowest BCUT2D eigenvalue weighted by atomic mass is 10.1. The van der Waals surface area contributed by atoms with E-state index in [0.717, 1.165) is 50.8 Å². The molecule has 2 N–H and O–H groups in total. The molecular weight excluding hydrogens is 240 g/mol. The van der Waals surface area contributed by atoms with E-state index in [1.54, 1.807) is 0 Å². The van der Waals surface area contributed by atoms with Crippen molar-refractivity contribution in [3.05, 3.63) is 29.6 Å². The zero-order chi connectivity index (χ0) is 13.9. The zero-order valence-corrected chi connectivity index (χ0v) is 11.7. The highest BCUT2D eigenvalue weighted by molar-refractivity contribution is 5.68. The molecule has 0 unspecified atom stereocenters. The number of ether oxygens (including phenoxy) is 1. The summed E-state index contributed by atoms with van der Waals surface area (Å²) < 4.78 is 4.60. The van der Waals surface area contributed by atoms with Gasteiger partial charge in [-0.1, -0.05) is 6.07 Å². The number of carbonyl (C=O) groups excluding carboxylic acids is 1. The molecule has 0 fully saturated rings. The fourth-order valence-electron chi connectivity index (χ4n) is 1.90. The van der Waals surface area contributed by atoms with Crippen molar-refractivity contribution in [2.45, 2.75) is 44.9 Å². The van der Waals surface area contributed by atoms with E-state index >= 15 is 0 Å². The molecule has 4 nitrogen and oxygen atoms in total. The summed E-state index contributed by atoms with van der Waals surface area (Å²) in [4.78, 5) is 15.4. The highest BCUT2D eigenvalue weighted by Gasteiger charge is 2.01. The normalized spacial score (nSPS) is 10.4. The largest absolute Gasteiger partial charge is 0.469 e. The van der Waals surface area contributed by atoms with Crippen LogP contribution < -0.4 is 5.73 Å². The smallest absolute Gasteiger partial charge is 0.305 e. The lowest BCUT2D eigenvalue weighted by molar-refractivity contribution is -0.140. The van der Waals surface area contributed by atoms with Crippen molar-refractivity contribution in [1.82, 2.24) is 4.98 Å². The van der Waals surface area contributed by atoms with Gasteiger partial charge >= 0.3 is 5.97 Å². The minimum absolute atomic E-state index is 0.136. The van der Waals surface area contributed by atoms with Gasteiger partial charge in [-0.2, -0.15) is 0 Å². The van der Waals surface area contributed by atoms with Gasteiger partial charge in [0, 0.05) is 18.3 Å². The van der Waals surface area contributed by atoms with Crippen molar-refractivity contribution in [2.24, 2.45) is 5.73 Å². The van der Waals surface area contributed by atoms with E-state index in [9.17, 15) is 4.79 Å². The van der Waals surface area contributed by atoms with Crippen LogP contribution in [0.1, 0.15) is 43.4 Å². The number of hydrogen-bond donors (Lipinski definition) is 1. The highest BCUT2D eigenvalue weighted by Crippen LogP contribution is 2.08. The molecule has 19 heavy (non-hydrogen) atoms. The Kier molecular flexibility index (Phi) is 7.82. The molecule has 0 amide bonds. The van der Waals surface area contributed by atoms with Crippen LogP contribution in [-0.4, -0.2) is 24.6 Å². The quantitative estimate of drug-likeness (QED) is 0.549. The predicted octanol–water partition coefficient (Wildman–Crippen LogP) is 2.25. The van der Waals surface area contributed by atoms with Crippen molar-refractivity contribution < 1.29 is 9.53 Å². The van der Waals surface area contributed by atoms with Crippen molar-refractivity contribution in [1.29, 1.82) is 0 Å². The molecule has 0 saturated carbocycles. The van der Waals surface area contributed by atoms with E-state index in [-0.39, 0.29) is 5.97 Å². The van der Waals surface area contributed by atoms with Crippen molar-refractivity contribution in [3.8, 4) is 0 Å². The van der Waals surface area contributed by atoms with Crippen molar-refractivity contribution in [2.75, 3.05) is 13.7 Å². The molecule has 0 aliphatic heterocycles. The van der Waals surface area contributed by atoms with Gasteiger partial charge in [0.05, 0.1) is 7.11 Å². The fraction of sp³-hybridized carbons (Fsp3) is 0.600. The molecule has 1 aromatic heterocycles. The maximum absolute atomic E-state index is 10.9. The van der Waals surface area contributed by atoms with Gasteiger partial charge in [0.2, 0.25) is 0 Å². The Hall–Kier alpha value is -1.42. The molecule has 106 valence electrons. The Labute approximate surface area is 115 Å². The fourth-order valence-corrected chi connectivity index (χ4v) is 1.90. The molecule has 4 heteroatoms. The summed E-state index contributed by atoms with van der Waals surface area (Å²) in [7, 11) is 1.42. The first-order valence-corrected chi connectivity index (χ1v) is 6.97. The maximum Gasteiger partial charge on any atom is 0.305 e. The molecular formula is C15H24N2O2. The number of rotatable bonds is 9. The second-order valence-electron chi connectivity index (χ2n) is 4.69. The Morgan fingerprint density at radius 2 is 2.00 bits per heavy atom. The number of aryl methyl sites for hydroxylation is 2. The van der Waals surface area contributed by atoms with Crippen LogP contribution in [0.15, 0.2) is 18.3 Å². The highest BCUT2D eigenvalue weighted by atomic mass is 16.5. The number of pyridine rings is 1. The summed E-state index contributed by atoms with van der Waals surface area (Å²) in [6.07, 6.45) is 8.42. The molecule has 1 aromatic rings. The van der Waals surface area contributed by atoms with Gasteiger partial charge in [-0.05, 0) is 56.7 Å². The van der Waals surface area contributed by atoms with Gasteiger partial charge in [-0.25, -0.2) is 0 Å². The average Bonchev–Trinajstić information content (AvgIpc) is 2.45. The second kappa shape index (κ2) is 9.50. The molecule has 1 heterocycles. The van der Waals surface area contributed by atoms with Gasteiger partial charge < -0.3 is 10.5 Å². The minimum Gasteiger partial charge on any atom is -0.469 e. The van der Waals surface area contributed by atoms with Crippen LogP contribution in [0.25, 0.3) is 0 Å². The standard InChI is InChI=1S/C15H24N2O2/c1-19-15(18)8-3-2-7-14-10-9-13(12-17-14)6-4-5-11-16/h9-10,12H,2-8,11,16H2,1H3. The van der Waals surface area contributed by atoms with E-state index in [1.165, 1.54) is 12.7 Å². The van der Waals surface area contributed by atoms with E-state index in [0.29, 0.717) is 6.42 Å². The molecule has 0 atom stereocenters. The monoisotopic (exact) mass is 264 g/mol. The molecule has 0 saturated heterocycles. The molecule has 0 bridgehead atoms. The first-order chi connectivity index (χ1) is 9.26. The molecule has 0 radical (unpaired) electrons. The van der Waals surface area contributed by atoms with Gasteiger partial charge in [0.1, 0.15) is 0 Å². The Morgan fingerprint density at radius 1 is 1.21 bits per heavy atom. The number of aromatic nitrogens is 1. The number of esters is 1. The molecule has 0 aliphatic rings. The van der Waals surface area contributed by atoms with Crippen LogP contribution in [0.3, 0.4) is 0 Å². The SMILES string of the molecule is COC(=O)CCCCc1ccc(CCCCN)cn1. The molecule has 0 aliphatic carbocycles. The van der Waals surface area contributed by atoms with Gasteiger partial charge in [0.15, 0.2) is 0 Å². The van der Waals surface area contributed by atoms with Gasteiger partial charge in [-0.3, -0.25) is 9.78 Å².